The molecule has 1 aliphatic heterocycles. The van der Waals surface area contributed by atoms with E-state index in [1.54, 1.807) is 7.11 Å². The fraction of sp³-hybridized carbons (Fsp3) is 0.214. The van der Waals surface area contributed by atoms with E-state index >= 15 is 0 Å². The van der Waals surface area contributed by atoms with Gasteiger partial charge >= 0.3 is 0 Å². The van der Waals surface area contributed by atoms with Gasteiger partial charge in [0.1, 0.15) is 5.75 Å². The highest BCUT2D eigenvalue weighted by Gasteiger charge is 2.42. The van der Waals surface area contributed by atoms with Crippen LogP contribution in [0, 0.1) is 20.8 Å². The number of hydrogen-bond acceptors (Lipinski definition) is 3. The Morgan fingerprint density at radius 2 is 1.71 bits per heavy atom. The van der Waals surface area contributed by atoms with E-state index in [9.17, 15) is 0 Å². The number of pyridine rings is 1. The van der Waals surface area contributed by atoms with E-state index in [2.05, 4.69) is 83.0 Å². The van der Waals surface area contributed by atoms with Crippen molar-refractivity contribution in [2.24, 2.45) is 0 Å². The Bertz CT molecular complexity index is 1330. The third-order valence-electron chi connectivity index (χ3n) is 6.51. The molecule has 2 aromatic heterocycles. The summed E-state index contributed by atoms with van der Waals surface area (Å²) in [6.45, 7) is 6.45. The summed E-state index contributed by atoms with van der Waals surface area (Å²) in [7, 11) is 1.68. The van der Waals surface area contributed by atoms with Crippen LogP contribution in [0.25, 0.3) is 5.69 Å². The second-order valence-electron chi connectivity index (χ2n) is 8.70. The maximum atomic E-state index is 5.89. The SMILES string of the molecule is COc1cccc(N2C(=S)N[C@H](c3ccccn3)[C@@H]2c2cc(C)n(-c3ccc(C)cc3)c2C)c1. The molecule has 0 radical (unpaired) electrons. The molecule has 2 atom stereocenters. The van der Waals surface area contributed by atoms with Gasteiger partial charge in [-0.15, -0.1) is 0 Å². The van der Waals surface area contributed by atoms with Crippen molar-refractivity contribution in [1.29, 1.82) is 0 Å². The minimum absolute atomic E-state index is 0.0695. The third-order valence-corrected chi connectivity index (χ3v) is 6.83. The minimum atomic E-state index is -0.0909. The summed E-state index contributed by atoms with van der Waals surface area (Å²) in [4.78, 5) is 6.87. The summed E-state index contributed by atoms with van der Waals surface area (Å²) in [6, 6.07) is 24.8. The van der Waals surface area contributed by atoms with Crippen LogP contribution in [0.1, 0.15) is 40.3 Å². The normalized spacial score (nSPS) is 17.6. The van der Waals surface area contributed by atoms with E-state index in [0.717, 1.165) is 22.8 Å². The summed E-state index contributed by atoms with van der Waals surface area (Å²) < 4.78 is 7.82. The molecule has 0 saturated carbocycles. The zero-order valence-electron chi connectivity index (χ0n) is 19.8. The van der Waals surface area contributed by atoms with Crippen LogP contribution >= 0.6 is 12.2 Å². The fourth-order valence-corrected chi connectivity index (χ4v) is 5.23. The first-order valence-corrected chi connectivity index (χ1v) is 11.8. The molecule has 5 nitrogen and oxygen atoms in total. The average molecular weight is 469 g/mol. The molecule has 5 rings (SSSR count). The van der Waals surface area contributed by atoms with Crippen molar-refractivity contribution in [2.75, 3.05) is 12.0 Å². The number of ether oxygens (including phenoxy) is 1. The smallest absolute Gasteiger partial charge is 0.174 e. The quantitative estimate of drug-likeness (QED) is 0.365. The first-order valence-electron chi connectivity index (χ1n) is 11.4. The maximum Gasteiger partial charge on any atom is 0.174 e. The Hall–Kier alpha value is -3.64. The monoisotopic (exact) mass is 468 g/mol. The summed E-state index contributed by atoms with van der Waals surface area (Å²) in [5.41, 5.74) is 7.93. The van der Waals surface area contributed by atoms with Crippen molar-refractivity contribution in [3.8, 4) is 11.4 Å². The number of nitrogens with one attached hydrogen (secondary N) is 1. The van der Waals surface area contributed by atoms with Gasteiger partial charge in [0.2, 0.25) is 0 Å². The number of methoxy groups -OCH3 is 1. The lowest BCUT2D eigenvalue weighted by molar-refractivity contribution is 0.415. The molecular formula is C28H28N4OS. The molecule has 1 fully saturated rings. The van der Waals surface area contributed by atoms with Gasteiger partial charge in [0.25, 0.3) is 0 Å². The molecule has 0 aliphatic carbocycles. The zero-order valence-corrected chi connectivity index (χ0v) is 20.6. The number of benzene rings is 2. The molecule has 0 bridgehead atoms. The van der Waals surface area contributed by atoms with Crippen LogP contribution in [-0.4, -0.2) is 21.8 Å². The Balaban J connectivity index is 1.68. The highest BCUT2D eigenvalue weighted by Crippen LogP contribution is 2.44. The van der Waals surface area contributed by atoms with Gasteiger partial charge in [-0.25, -0.2) is 0 Å². The number of nitrogens with zero attached hydrogens (tertiary/aromatic N) is 3. The van der Waals surface area contributed by atoms with E-state index in [4.69, 9.17) is 17.0 Å². The minimum Gasteiger partial charge on any atom is -0.497 e. The number of anilines is 1. The lowest BCUT2D eigenvalue weighted by Crippen LogP contribution is -2.29. The Labute approximate surface area is 206 Å². The van der Waals surface area contributed by atoms with E-state index < -0.39 is 0 Å². The molecule has 4 aromatic rings. The summed E-state index contributed by atoms with van der Waals surface area (Å²) in [5, 5.41) is 4.23. The second-order valence-corrected chi connectivity index (χ2v) is 9.08. The molecule has 6 heteroatoms. The number of thiocarbonyl (C=S) groups is 1. The number of aromatic nitrogens is 2. The van der Waals surface area contributed by atoms with E-state index in [0.29, 0.717) is 5.11 Å². The van der Waals surface area contributed by atoms with Crippen molar-refractivity contribution >= 4 is 23.0 Å². The number of aryl methyl sites for hydroxylation is 2. The van der Waals surface area contributed by atoms with Crippen molar-refractivity contribution in [1.82, 2.24) is 14.9 Å². The topological polar surface area (TPSA) is 42.3 Å². The second kappa shape index (κ2) is 8.95. The molecule has 0 spiro atoms. The first-order chi connectivity index (χ1) is 16.5. The first kappa shape index (κ1) is 22.2. The Kier molecular flexibility index (Phi) is 5.84. The van der Waals surface area contributed by atoms with Gasteiger partial charge in [0.15, 0.2) is 5.11 Å². The maximum absolute atomic E-state index is 5.89. The lowest BCUT2D eigenvalue weighted by atomic mass is 9.96. The number of rotatable bonds is 5. The fourth-order valence-electron chi connectivity index (χ4n) is 4.89. The van der Waals surface area contributed by atoms with Crippen LogP contribution in [0.5, 0.6) is 5.75 Å². The molecule has 34 heavy (non-hydrogen) atoms. The van der Waals surface area contributed by atoms with Gasteiger partial charge in [-0.2, -0.15) is 0 Å². The van der Waals surface area contributed by atoms with Crippen LogP contribution < -0.4 is 15.0 Å². The summed E-state index contributed by atoms with van der Waals surface area (Å²) >= 11 is 5.89. The molecular weight excluding hydrogens is 440 g/mol. The molecule has 1 N–H and O–H groups in total. The predicted octanol–water partition coefficient (Wildman–Crippen LogP) is 5.98. The highest BCUT2D eigenvalue weighted by atomic mass is 32.1. The van der Waals surface area contributed by atoms with Crippen LogP contribution in [0.2, 0.25) is 0 Å². The van der Waals surface area contributed by atoms with E-state index in [1.807, 2.05) is 36.5 Å². The molecule has 1 aliphatic rings. The third kappa shape index (κ3) is 3.84. The van der Waals surface area contributed by atoms with Crippen LogP contribution in [-0.2, 0) is 0 Å². The van der Waals surface area contributed by atoms with Gasteiger partial charge in [0, 0.05) is 35.0 Å². The average Bonchev–Trinajstić information content (AvgIpc) is 3.35. The van der Waals surface area contributed by atoms with Gasteiger partial charge in [-0.05, 0) is 81.0 Å². The molecule has 172 valence electrons. The Morgan fingerprint density at radius 3 is 2.41 bits per heavy atom. The van der Waals surface area contributed by atoms with Gasteiger partial charge < -0.3 is 19.5 Å². The molecule has 3 heterocycles. The summed E-state index contributed by atoms with van der Waals surface area (Å²) in [5.74, 6) is 0.797. The van der Waals surface area contributed by atoms with Crippen LogP contribution in [0.3, 0.4) is 0 Å². The van der Waals surface area contributed by atoms with E-state index in [-0.39, 0.29) is 12.1 Å². The Morgan fingerprint density at radius 1 is 0.912 bits per heavy atom. The molecule has 0 amide bonds. The van der Waals surface area contributed by atoms with Gasteiger partial charge in [-0.3, -0.25) is 4.98 Å². The van der Waals surface area contributed by atoms with Gasteiger partial charge in [0.05, 0.1) is 24.9 Å². The van der Waals surface area contributed by atoms with Crippen LogP contribution in [0.4, 0.5) is 5.69 Å². The standard InChI is InChI=1S/C28H28N4OS/c1-18-11-13-21(14-12-18)31-19(2)16-24(20(31)3)27-26(25-10-5-6-15-29-25)30-28(34)32(27)22-8-7-9-23(17-22)33-4/h5-17,26-27H,1-4H3,(H,30,34)/t26-,27+/m1/s1. The predicted molar refractivity (Wildman–Crippen MR) is 141 cm³/mol. The van der Waals surface area contributed by atoms with Crippen molar-refractivity contribution in [2.45, 2.75) is 32.9 Å². The number of hydrogen-bond donors (Lipinski definition) is 1. The molecule has 2 aromatic carbocycles. The molecule has 0 unspecified atom stereocenters. The van der Waals surface area contributed by atoms with E-state index in [1.165, 1.54) is 22.5 Å². The largest absolute Gasteiger partial charge is 0.497 e. The summed E-state index contributed by atoms with van der Waals surface area (Å²) in [6.07, 6.45) is 1.83. The van der Waals surface area contributed by atoms with Gasteiger partial charge in [-0.1, -0.05) is 29.8 Å². The van der Waals surface area contributed by atoms with Crippen molar-refractivity contribution < 1.29 is 4.74 Å². The zero-order chi connectivity index (χ0) is 23.8. The van der Waals surface area contributed by atoms with Crippen molar-refractivity contribution in [3.63, 3.8) is 0 Å². The van der Waals surface area contributed by atoms with Crippen molar-refractivity contribution in [3.05, 3.63) is 107 Å². The molecule has 1 saturated heterocycles. The lowest BCUT2D eigenvalue weighted by Gasteiger charge is -2.28. The highest BCUT2D eigenvalue weighted by molar-refractivity contribution is 7.80. The van der Waals surface area contributed by atoms with Crippen LogP contribution in [0.15, 0.2) is 79.0 Å².